The minimum Gasteiger partial charge on any atom is -0.365 e. The first kappa shape index (κ1) is 15.6. The largest absolute Gasteiger partial charge is 0.365 e. The number of likely N-dealkylation sites (tertiary alicyclic amines) is 1. The highest BCUT2D eigenvalue weighted by molar-refractivity contribution is 6.31. The number of carbonyl (C=O) groups excluding carboxylic acids is 1. The number of anilines is 1. The summed E-state index contributed by atoms with van der Waals surface area (Å²) in [6.45, 7) is 1.59. The Morgan fingerprint density at radius 2 is 2.04 bits per heavy atom. The fraction of sp³-hybridized carbons (Fsp3) is 0.500. The zero-order valence-corrected chi connectivity index (χ0v) is 14.3. The number of benzene rings is 1. The van der Waals surface area contributed by atoms with Crippen molar-refractivity contribution < 1.29 is 4.79 Å². The zero-order chi connectivity index (χ0) is 16.5. The second-order valence-corrected chi connectivity index (χ2v) is 7.22. The molecule has 2 aromatic rings. The van der Waals surface area contributed by atoms with Crippen molar-refractivity contribution in [3.8, 4) is 0 Å². The van der Waals surface area contributed by atoms with Crippen LogP contribution in [0.5, 0.6) is 0 Å². The summed E-state index contributed by atoms with van der Waals surface area (Å²) in [6, 6.07) is 5.87. The molecule has 1 saturated heterocycles. The van der Waals surface area contributed by atoms with Crippen molar-refractivity contribution in [3.05, 3.63) is 29.5 Å². The Labute approximate surface area is 146 Å². The number of aromatic nitrogens is 2. The zero-order valence-electron chi connectivity index (χ0n) is 13.5. The Bertz CT molecular complexity index is 760. The lowest BCUT2D eigenvalue weighted by atomic mass is 10.1. The van der Waals surface area contributed by atoms with Gasteiger partial charge in [-0.05, 0) is 37.5 Å². The fourth-order valence-corrected chi connectivity index (χ4v) is 4.01. The van der Waals surface area contributed by atoms with E-state index < -0.39 is 0 Å². The molecule has 2 heterocycles. The molecule has 1 N–H and O–H groups in total. The molecule has 1 aliphatic heterocycles. The standard InChI is InChI=1S/C18H21ClN4O/c19-13-5-6-15-16(9-13)20-11-21-17(15)22-14-7-8-23(10-14)18(24)12-3-1-2-4-12/h5-6,9,11-12,14H,1-4,7-8,10H2,(H,20,21,22). The summed E-state index contributed by atoms with van der Waals surface area (Å²) in [4.78, 5) is 23.2. The van der Waals surface area contributed by atoms with Gasteiger partial charge in [-0.15, -0.1) is 0 Å². The average Bonchev–Trinajstić information content (AvgIpc) is 3.26. The van der Waals surface area contributed by atoms with Crippen LogP contribution in [0.25, 0.3) is 10.9 Å². The lowest BCUT2D eigenvalue weighted by Crippen LogP contribution is -2.35. The minimum absolute atomic E-state index is 0.240. The molecular formula is C18H21ClN4O. The second-order valence-electron chi connectivity index (χ2n) is 6.78. The molecule has 1 unspecified atom stereocenters. The second kappa shape index (κ2) is 6.55. The lowest BCUT2D eigenvalue weighted by Gasteiger charge is -2.21. The highest BCUT2D eigenvalue weighted by Crippen LogP contribution is 2.29. The summed E-state index contributed by atoms with van der Waals surface area (Å²) < 4.78 is 0. The normalized spacial score (nSPS) is 21.5. The van der Waals surface area contributed by atoms with Crippen LogP contribution in [0, 0.1) is 5.92 Å². The van der Waals surface area contributed by atoms with E-state index in [0.29, 0.717) is 10.9 Å². The quantitative estimate of drug-likeness (QED) is 0.926. The van der Waals surface area contributed by atoms with Crippen LogP contribution in [-0.4, -0.2) is 39.9 Å². The molecule has 6 heteroatoms. The van der Waals surface area contributed by atoms with Gasteiger partial charge in [0.1, 0.15) is 12.1 Å². The predicted molar refractivity (Wildman–Crippen MR) is 95.1 cm³/mol. The number of fused-ring (bicyclic) bond motifs is 1. The van der Waals surface area contributed by atoms with Crippen molar-refractivity contribution in [3.63, 3.8) is 0 Å². The van der Waals surface area contributed by atoms with Gasteiger partial charge in [-0.1, -0.05) is 24.4 Å². The molecule has 2 fully saturated rings. The number of nitrogens with zero attached hydrogens (tertiary/aromatic N) is 3. The molecule has 1 amide bonds. The van der Waals surface area contributed by atoms with E-state index in [9.17, 15) is 4.79 Å². The van der Waals surface area contributed by atoms with Gasteiger partial charge in [-0.2, -0.15) is 0 Å². The van der Waals surface area contributed by atoms with Crippen LogP contribution in [0.15, 0.2) is 24.5 Å². The van der Waals surface area contributed by atoms with Crippen LogP contribution in [0.4, 0.5) is 5.82 Å². The van der Waals surface area contributed by atoms with E-state index in [-0.39, 0.29) is 12.0 Å². The van der Waals surface area contributed by atoms with Gasteiger partial charge in [-0.3, -0.25) is 4.79 Å². The van der Waals surface area contributed by atoms with Crippen molar-refractivity contribution in [2.45, 2.75) is 38.1 Å². The number of amides is 1. The molecule has 0 spiro atoms. The molecule has 0 radical (unpaired) electrons. The highest BCUT2D eigenvalue weighted by atomic mass is 35.5. The molecule has 1 aromatic heterocycles. The van der Waals surface area contributed by atoms with E-state index in [1.165, 1.54) is 12.8 Å². The van der Waals surface area contributed by atoms with Crippen molar-refractivity contribution in [2.75, 3.05) is 18.4 Å². The Hall–Kier alpha value is -1.88. The molecule has 24 heavy (non-hydrogen) atoms. The monoisotopic (exact) mass is 344 g/mol. The van der Waals surface area contributed by atoms with Gasteiger partial charge in [0.25, 0.3) is 0 Å². The third-order valence-corrected chi connectivity index (χ3v) is 5.38. The van der Waals surface area contributed by atoms with Crippen LogP contribution >= 0.6 is 11.6 Å². The summed E-state index contributed by atoms with van der Waals surface area (Å²) in [7, 11) is 0. The van der Waals surface area contributed by atoms with Gasteiger partial charge in [0.15, 0.2) is 0 Å². The Morgan fingerprint density at radius 3 is 2.88 bits per heavy atom. The topological polar surface area (TPSA) is 58.1 Å². The van der Waals surface area contributed by atoms with E-state index in [2.05, 4.69) is 15.3 Å². The van der Waals surface area contributed by atoms with E-state index in [1.54, 1.807) is 6.33 Å². The first-order chi connectivity index (χ1) is 11.7. The van der Waals surface area contributed by atoms with E-state index in [4.69, 9.17) is 11.6 Å². The molecule has 1 saturated carbocycles. The first-order valence-electron chi connectivity index (χ1n) is 8.66. The van der Waals surface area contributed by atoms with Gasteiger partial charge in [0.2, 0.25) is 5.91 Å². The van der Waals surface area contributed by atoms with E-state index >= 15 is 0 Å². The average molecular weight is 345 g/mol. The molecular weight excluding hydrogens is 324 g/mol. The summed E-state index contributed by atoms with van der Waals surface area (Å²) in [5.41, 5.74) is 0.830. The van der Waals surface area contributed by atoms with Gasteiger partial charge in [0, 0.05) is 35.5 Å². The number of carbonyl (C=O) groups is 1. The van der Waals surface area contributed by atoms with Crippen molar-refractivity contribution in [1.82, 2.24) is 14.9 Å². The SMILES string of the molecule is O=C(C1CCCC1)N1CCC(Nc2ncnc3cc(Cl)ccc23)C1. The minimum atomic E-state index is 0.240. The number of rotatable bonds is 3. The third-order valence-electron chi connectivity index (χ3n) is 5.14. The van der Waals surface area contributed by atoms with E-state index in [0.717, 1.165) is 49.1 Å². The molecule has 4 rings (SSSR count). The molecule has 1 aromatic carbocycles. The van der Waals surface area contributed by atoms with Crippen molar-refractivity contribution in [1.29, 1.82) is 0 Å². The highest BCUT2D eigenvalue weighted by Gasteiger charge is 2.32. The van der Waals surface area contributed by atoms with Gasteiger partial charge < -0.3 is 10.2 Å². The van der Waals surface area contributed by atoms with Gasteiger partial charge in [0.05, 0.1) is 5.52 Å². The molecule has 0 bridgehead atoms. The maximum Gasteiger partial charge on any atom is 0.225 e. The van der Waals surface area contributed by atoms with Crippen molar-refractivity contribution in [2.24, 2.45) is 5.92 Å². The first-order valence-corrected chi connectivity index (χ1v) is 9.04. The third kappa shape index (κ3) is 3.05. The lowest BCUT2D eigenvalue weighted by molar-refractivity contribution is -0.134. The smallest absolute Gasteiger partial charge is 0.225 e. The summed E-state index contributed by atoms with van der Waals surface area (Å²) in [5.74, 6) is 1.42. The summed E-state index contributed by atoms with van der Waals surface area (Å²) in [5, 5.41) is 5.12. The van der Waals surface area contributed by atoms with Crippen molar-refractivity contribution >= 4 is 34.2 Å². The molecule has 1 atom stereocenters. The number of halogens is 1. The summed E-state index contributed by atoms with van der Waals surface area (Å²) in [6.07, 6.45) is 7.02. The number of hydrogen-bond acceptors (Lipinski definition) is 4. The molecule has 2 aliphatic rings. The van der Waals surface area contributed by atoms with Crippen LogP contribution in [0.1, 0.15) is 32.1 Å². The predicted octanol–water partition coefficient (Wildman–Crippen LogP) is 3.49. The number of hydrogen-bond donors (Lipinski definition) is 1. The van der Waals surface area contributed by atoms with Crippen LogP contribution in [0.2, 0.25) is 5.02 Å². The molecule has 126 valence electrons. The maximum absolute atomic E-state index is 12.6. The molecule has 1 aliphatic carbocycles. The van der Waals surface area contributed by atoms with Crippen LogP contribution in [-0.2, 0) is 4.79 Å². The summed E-state index contributed by atoms with van der Waals surface area (Å²) >= 11 is 6.03. The Balaban J connectivity index is 1.46. The molecule has 5 nitrogen and oxygen atoms in total. The van der Waals surface area contributed by atoms with Crippen LogP contribution < -0.4 is 5.32 Å². The Kier molecular flexibility index (Phi) is 4.27. The van der Waals surface area contributed by atoms with Gasteiger partial charge >= 0.3 is 0 Å². The van der Waals surface area contributed by atoms with E-state index in [1.807, 2.05) is 23.1 Å². The fourth-order valence-electron chi connectivity index (χ4n) is 3.85. The Morgan fingerprint density at radius 1 is 1.21 bits per heavy atom. The van der Waals surface area contributed by atoms with Gasteiger partial charge in [-0.25, -0.2) is 9.97 Å². The van der Waals surface area contributed by atoms with Crippen LogP contribution in [0.3, 0.4) is 0 Å². The number of nitrogens with one attached hydrogen (secondary N) is 1. The maximum atomic E-state index is 12.6.